The quantitative estimate of drug-likeness (QED) is 0.217. The van der Waals surface area contributed by atoms with Crippen LogP contribution >= 0.6 is 34.1 Å². The Morgan fingerprint density at radius 3 is 1.48 bits per heavy atom. The fraction of sp³-hybridized carbons (Fsp3) is 0.0800. The Hall–Kier alpha value is -1.27. The topological polar surface area (TPSA) is 0 Å². The number of hydrogen-bond donors (Lipinski definition) is 0. The van der Waals surface area contributed by atoms with Gasteiger partial charge in [0, 0.05) is 0 Å². The molecule has 0 aromatic heterocycles. The molecule has 0 radical (unpaired) electrons. The second-order valence-corrected chi connectivity index (χ2v) is 6.99. The monoisotopic (exact) mass is 475 g/mol. The SMILES string of the molecule is Cl.Cl.PCc1ccccc1.[C-]1=CC=CC1.[Ti+]=[C](c1ccccc1)c1ccccc1. The summed E-state index contributed by atoms with van der Waals surface area (Å²) < 4.78 is 1.33. The Labute approximate surface area is 201 Å². The van der Waals surface area contributed by atoms with Gasteiger partial charge in [0.05, 0.1) is 0 Å². The summed E-state index contributed by atoms with van der Waals surface area (Å²) in [7, 11) is 2.69. The van der Waals surface area contributed by atoms with E-state index in [1.54, 1.807) is 0 Å². The number of halogens is 2. The Kier molecular flexibility index (Phi) is 16.8. The van der Waals surface area contributed by atoms with Gasteiger partial charge in [-0.25, -0.2) is 12.2 Å². The van der Waals surface area contributed by atoms with E-state index < -0.39 is 0 Å². The second-order valence-electron chi connectivity index (χ2n) is 5.80. The van der Waals surface area contributed by atoms with Crippen LogP contribution in [0.3, 0.4) is 0 Å². The van der Waals surface area contributed by atoms with Crippen molar-refractivity contribution in [1.29, 1.82) is 0 Å². The van der Waals surface area contributed by atoms with Crippen LogP contribution in [0.25, 0.3) is 0 Å². The standard InChI is InChI=1S/C13H10.C7H9P.C5H5.2ClH.Ti/c1-3-7-12(8-4-1)11-13-9-5-2-6-10-13;8-6-7-4-2-1-3-5-7;1-2-4-5-3-1;;;/h1-10H;1-5H,6,8H2;1-3H,4H2;2*1H;/q;;-1;;;+1. The fourth-order valence-electron chi connectivity index (χ4n) is 2.33. The van der Waals surface area contributed by atoms with Gasteiger partial charge in [0.1, 0.15) is 0 Å². The molecule has 1 unspecified atom stereocenters. The van der Waals surface area contributed by atoms with Gasteiger partial charge in [0.15, 0.2) is 0 Å². The van der Waals surface area contributed by atoms with Gasteiger partial charge in [-0.05, 0) is 11.7 Å². The molecule has 4 heteroatoms. The van der Waals surface area contributed by atoms with E-state index in [-0.39, 0.29) is 24.8 Å². The van der Waals surface area contributed by atoms with E-state index >= 15 is 0 Å². The number of rotatable bonds is 3. The van der Waals surface area contributed by atoms with Crippen molar-refractivity contribution in [2.75, 3.05) is 0 Å². The third-order valence-electron chi connectivity index (χ3n) is 3.79. The van der Waals surface area contributed by atoms with E-state index in [2.05, 4.69) is 114 Å². The molecule has 0 saturated carbocycles. The Morgan fingerprint density at radius 1 is 0.759 bits per heavy atom. The Balaban J connectivity index is 0.000000445. The molecular weight excluding hydrogens is 450 g/mol. The minimum absolute atomic E-state index is 0. The average molecular weight is 476 g/mol. The van der Waals surface area contributed by atoms with Gasteiger partial charge in [-0.15, -0.1) is 40.5 Å². The van der Waals surface area contributed by atoms with Crippen molar-refractivity contribution in [3.8, 4) is 0 Å². The zero-order chi connectivity index (χ0) is 19.2. The molecule has 0 heterocycles. The third kappa shape index (κ3) is 11.5. The molecule has 0 saturated heterocycles. The van der Waals surface area contributed by atoms with Crippen molar-refractivity contribution < 1.29 is 20.0 Å². The summed E-state index contributed by atoms with van der Waals surface area (Å²) in [6.07, 6.45) is 11.1. The molecule has 29 heavy (non-hydrogen) atoms. The maximum absolute atomic E-state index is 2.99. The molecule has 0 spiro atoms. The zero-order valence-corrected chi connectivity index (χ0v) is 20.5. The molecule has 4 rings (SSSR count). The molecule has 0 N–H and O–H groups in total. The van der Waals surface area contributed by atoms with Crippen LogP contribution in [0.5, 0.6) is 0 Å². The molecule has 0 bridgehead atoms. The normalized spacial score (nSPS) is 10.3. The minimum atomic E-state index is 0. The van der Waals surface area contributed by atoms with Crippen LogP contribution in [0.4, 0.5) is 0 Å². The van der Waals surface area contributed by atoms with Crippen molar-refractivity contribution in [2.24, 2.45) is 0 Å². The first-order valence-corrected chi connectivity index (χ1v) is 10.6. The van der Waals surface area contributed by atoms with E-state index in [0.29, 0.717) is 0 Å². The van der Waals surface area contributed by atoms with Crippen LogP contribution in [0.2, 0.25) is 0 Å². The molecule has 149 valence electrons. The zero-order valence-electron chi connectivity index (χ0n) is 16.2. The predicted octanol–water partition coefficient (Wildman–Crippen LogP) is 7.01. The first kappa shape index (κ1) is 27.7. The summed E-state index contributed by atoms with van der Waals surface area (Å²) in [5.74, 6) is 0. The van der Waals surface area contributed by atoms with Crippen molar-refractivity contribution in [1.82, 2.24) is 0 Å². The van der Waals surface area contributed by atoms with Gasteiger partial charge < -0.3 is 0 Å². The third-order valence-corrected chi connectivity index (χ3v) is 5.16. The van der Waals surface area contributed by atoms with Crippen molar-refractivity contribution >= 4 is 37.9 Å². The maximum atomic E-state index is 2.99. The summed E-state index contributed by atoms with van der Waals surface area (Å²) in [4.78, 5) is 0. The summed E-state index contributed by atoms with van der Waals surface area (Å²) in [5.41, 5.74) is 3.95. The molecule has 0 nitrogen and oxygen atoms in total. The molecule has 1 aliphatic carbocycles. The van der Waals surface area contributed by atoms with E-state index in [1.165, 1.54) is 20.5 Å². The number of benzene rings is 3. The van der Waals surface area contributed by atoms with E-state index in [9.17, 15) is 0 Å². The Bertz CT molecular complexity index is 796. The van der Waals surface area contributed by atoms with Crippen LogP contribution in [0.1, 0.15) is 23.1 Å². The van der Waals surface area contributed by atoms with E-state index in [0.717, 1.165) is 12.6 Å². The van der Waals surface area contributed by atoms with Gasteiger partial charge in [-0.3, -0.25) is 6.08 Å². The second kappa shape index (κ2) is 17.6. The van der Waals surface area contributed by atoms with Crippen LogP contribution < -0.4 is 0 Å². The van der Waals surface area contributed by atoms with Crippen LogP contribution in [-0.4, -0.2) is 3.81 Å². The van der Waals surface area contributed by atoms with Crippen molar-refractivity contribution in [3.63, 3.8) is 0 Å². The summed E-state index contributed by atoms with van der Waals surface area (Å²) in [5, 5.41) is 0. The van der Waals surface area contributed by atoms with Crippen molar-refractivity contribution in [3.05, 3.63) is 132 Å². The molecule has 1 atom stereocenters. The molecule has 0 aliphatic heterocycles. The van der Waals surface area contributed by atoms with Crippen molar-refractivity contribution in [2.45, 2.75) is 12.6 Å². The molecule has 0 fully saturated rings. The van der Waals surface area contributed by atoms with Gasteiger partial charge in [-0.2, -0.15) is 6.08 Å². The molecule has 0 amide bonds. The van der Waals surface area contributed by atoms with E-state index in [1.807, 2.05) is 30.4 Å². The number of allylic oxidation sites excluding steroid dienone is 4. The number of hydrogen-bond acceptors (Lipinski definition) is 0. The van der Waals surface area contributed by atoms with Gasteiger partial charge in [0.2, 0.25) is 0 Å². The summed E-state index contributed by atoms with van der Waals surface area (Å²) >= 11 is 2.16. The molecular formula is C25H26Cl2PTi. The summed E-state index contributed by atoms with van der Waals surface area (Å²) in [6.45, 7) is 0. The molecule has 3 aromatic carbocycles. The molecule has 3 aromatic rings. The van der Waals surface area contributed by atoms with Gasteiger partial charge in [0.25, 0.3) is 0 Å². The van der Waals surface area contributed by atoms with Crippen LogP contribution in [0, 0.1) is 6.08 Å². The Morgan fingerprint density at radius 2 is 1.21 bits per heavy atom. The fourth-order valence-corrected chi connectivity index (χ4v) is 3.12. The van der Waals surface area contributed by atoms with Crippen LogP contribution in [-0.2, 0) is 26.1 Å². The van der Waals surface area contributed by atoms with E-state index in [4.69, 9.17) is 0 Å². The first-order chi connectivity index (χ1) is 13.3. The van der Waals surface area contributed by atoms with Gasteiger partial charge >= 0.3 is 95.6 Å². The molecule has 1 aliphatic rings. The first-order valence-electron chi connectivity index (χ1n) is 8.96. The average Bonchev–Trinajstić information content (AvgIpc) is 3.36. The predicted molar refractivity (Wildman–Crippen MR) is 132 cm³/mol. The van der Waals surface area contributed by atoms with Crippen LogP contribution in [0.15, 0.2) is 109 Å². The summed E-state index contributed by atoms with van der Waals surface area (Å²) in [6, 6.07) is 31.3. The van der Waals surface area contributed by atoms with Gasteiger partial charge in [-0.1, -0.05) is 30.3 Å².